The fraction of sp³-hybridized carbons (Fsp3) is 0.952. The number of aliphatic hydroxyl groups is 9. The van der Waals surface area contributed by atoms with Gasteiger partial charge >= 0.3 is 0 Å². The van der Waals surface area contributed by atoms with Crippen LogP contribution < -0.4 is 0 Å². The Labute approximate surface area is 327 Å². The third-order valence-corrected chi connectivity index (χ3v) is 16.5. The van der Waals surface area contributed by atoms with E-state index in [2.05, 4.69) is 40.7 Å². The van der Waals surface area contributed by atoms with Crippen molar-refractivity contribution >= 4 is 0 Å². The molecule has 13 heteroatoms. The molecule has 13 nitrogen and oxygen atoms in total. The predicted molar refractivity (Wildman–Crippen MR) is 201 cm³/mol. The van der Waals surface area contributed by atoms with Crippen molar-refractivity contribution in [3.05, 3.63) is 11.6 Å². The van der Waals surface area contributed by atoms with E-state index in [9.17, 15) is 46.0 Å². The second kappa shape index (κ2) is 15.4. The highest BCUT2D eigenvalue weighted by atomic mass is 16.8. The predicted octanol–water partition coefficient (Wildman–Crippen LogP) is 2.15. The van der Waals surface area contributed by atoms with Gasteiger partial charge in [0.1, 0.15) is 42.7 Å². The molecule has 318 valence electrons. The highest BCUT2D eigenvalue weighted by molar-refractivity contribution is 5.22. The zero-order valence-electron chi connectivity index (χ0n) is 34.4. The SMILES string of the molecule is CC(C)=CCC[C@@](C)(O)C1CC[C@]2(C)C1[C@H](O)CC1[C@@]3(C)CC[C@H](O)C(C)(C)[C@@H]3[C@@H](O[C@@H]3O[C@H](CO)[C@@H](O)[C@H](O)[C@H]3O[C@H]3O[C@@H](C)[C@H](O)[C@@H](O)[C@H]3O)C[C@]12C. The second-order valence-corrected chi connectivity index (χ2v) is 20.3. The number of hydrogen-bond acceptors (Lipinski definition) is 13. The van der Waals surface area contributed by atoms with Gasteiger partial charge in [0.15, 0.2) is 12.6 Å². The van der Waals surface area contributed by atoms with Gasteiger partial charge in [-0.2, -0.15) is 0 Å². The summed E-state index contributed by atoms with van der Waals surface area (Å²) in [6, 6.07) is 0. The standard InChI is InChI=1S/C42H72O13/c1-20(2)11-10-14-42(9,51)22-12-16-40(7)28(22)23(44)17-26-39(6)15-13-27(45)38(4,5)35(39)24(18-41(26,40)8)53-37-34(32(49)30(47)25(19-43)54-37)55-36-33(50)31(48)29(46)21(3)52-36/h11,21-37,43-51H,10,12-19H2,1-9H3/t21-,22?,23+,24-,25+,26?,27-,28?,29-,30+,31+,32-,33+,34+,35-,36+,37+,39+,40+,41+,42+/m0/s1. The Bertz CT molecular complexity index is 1390. The van der Waals surface area contributed by atoms with Crippen LogP contribution in [0.3, 0.4) is 0 Å². The molecule has 0 aromatic heterocycles. The van der Waals surface area contributed by atoms with Gasteiger partial charge in [0, 0.05) is 0 Å². The van der Waals surface area contributed by atoms with Crippen molar-refractivity contribution in [2.24, 2.45) is 45.3 Å². The molecule has 4 aliphatic carbocycles. The summed E-state index contributed by atoms with van der Waals surface area (Å²) in [6.07, 6.45) is -8.99. The minimum absolute atomic E-state index is 0.0411. The number of allylic oxidation sites excluding steroid dienone is 2. The molecule has 0 radical (unpaired) electrons. The van der Waals surface area contributed by atoms with Gasteiger partial charge in [0.05, 0.1) is 36.6 Å². The van der Waals surface area contributed by atoms with E-state index in [-0.39, 0.29) is 23.7 Å². The Morgan fingerprint density at radius 3 is 2.13 bits per heavy atom. The van der Waals surface area contributed by atoms with E-state index in [4.69, 9.17) is 18.9 Å². The van der Waals surface area contributed by atoms with Crippen LogP contribution in [0.4, 0.5) is 0 Å². The van der Waals surface area contributed by atoms with E-state index in [1.165, 1.54) is 12.5 Å². The first-order chi connectivity index (χ1) is 25.5. The van der Waals surface area contributed by atoms with Gasteiger partial charge in [-0.25, -0.2) is 0 Å². The Kier molecular flexibility index (Phi) is 12.2. The molecule has 0 spiro atoms. The van der Waals surface area contributed by atoms with Crippen LogP contribution >= 0.6 is 0 Å². The van der Waals surface area contributed by atoms with Crippen LogP contribution in [0.1, 0.15) is 114 Å². The van der Waals surface area contributed by atoms with Gasteiger partial charge in [-0.1, -0.05) is 46.3 Å². The molecule has 6 fully saturated rings. The molecule has 6 aliphatic rings. The molecule has 2 heterocycles. The largest absolute Gasteiger partial charge is 0.394 e. The minimum atomic E-state index is -1.70. The zero-order valence-corrected chi connectivity index (χ0v) is 34.4. The molecule has 6 rings (SSSR count). The lowest BCUT2D eigenvalue weighted by Gasteiger charge is -2.72. The maximum atomic E-state index is 12.3. The molecule has 4 saturated carbocycles. The number of fused-ring (bicyclic) bond motifs is 5. The van der Waals surface area contributed by atoms with E-state index >= 15 is 0 Å². The summed E-state index contributed by atoms with van der Waals surface area (Å²) in [6.45, 7) is 17.8. The molecule has 0 amide bonds. The maximum Gasteiger partial charge on any atom is 0.187 e. The number of aliphatic hydroxyl groups excluding tert-OH is 8. The number of ether oxygens (including phenoxy) is 4. The van der Waals surface area contributed by atoms with Crippen LogP contribution in [-0.2, 0) is 18.9 Å². The monoisotopic (exact) mass is 784 g/mol. The lowest BCUT2D eigenvalue weighted by Crippen LogP contribution is -2.71. The second-order valence-electron chi connectivity index (χ2n) is 20.3. The average Bonchev–Trinajstić information content (AvgIpc) is 3.49. The van der Waals surface area contributed by atoms with E-state index in [1.807, 2.05) is 20.8 Å². The van der Waals surface area contributed by atoms with Crippen LogP contribution in [0.25, 0.3) is 0 Å². The van der Waals surface area contributed by atoms with Crippen LogP contribution in [0.2, 0.25) is 0 Å². The van der Waals surface area contributed by atoms with Gasteiger partial charge < -0.3 is 64.9 Å². The Hall–Kier alpha value is -0.780. The summed E-state index contributed by atoms with van der Waals surface area (Å²) in [4.78, 5) is 0. The smallest absolute Gasteiger partial charge is 0.187 e. The molecular weight excluding hydrogens is 712 g/mol. The molecule has 0 bridgehead atoms. The summed E-state index contributed by atoms with van der Waals surface area (Å²) >= 11 is 0. The highest BCUT2D eigenvalue weighted by Gasteiger charge is 2.73. The maximum absolute atomic E-state index is 12.3. The fourth-order valence-corrected chi connectivity index (χ4v) is 13.3. The molecule has 2 aliphatic heterocycles. The van der Waals surface area contributed by atoms with Crippen molar-refractivity contribution < 1.29 is 64.9 Å². The lowest BCUT2D eigenvalue weighted by atomic mass is 9.34. The zero-order chi connectivity index (χ0) is 40.8. The third-order valence-electron chi connectivity index (χ3n) is 16.5. The first kappa shape index (κ1) is 43.8. The third kappa shape index (κ3) is 7.10. The van der Waals surface area contributed by atoms with Crippen LogP contribution in [0.15, 0.2) is 11.6 Å². The summed E-state index contributed by atoms with van der Waals surface area (Å²) in [5, 5.41) is 100. The first-order valence-corrected chi connectivity index (χ1v) is 20.8. The van der Waals surface area contributed by atoms with Crippen molar-refractivity contribution in [1.29, 1.82) is 0 Å². The molecule has 21 atom stereocenters. The lowest BCUT2D eigenvalue weighted by molar-refractivity contribution is -0.382. The normalized spacial score (nSPS) is 53.4. The van der Waals surface area contributed by atoms with Gasteiger partial charge in [-0.15, -0.1) is 0 Å². The topological polar surface area (TPSA) is 219 Å². The van der Waals surface area contributed by atoms with Crippen molar-refractivity contribution in [3.8, 4) is 0 Å². The first-order valence-electron chi connectivity index (χ1n) is 20.8. The van der Waals surface area contributed by atoms with Crippen molar-refractivity contribution in [2.75, 3.05) is 6.61 Å². The summed E-state index contributed by atoms with van der Waals surface area (Å²) in [5.74, 6) is -0.526. The van der Waals surface area contributed by atoms with Crippen LogP contribution in [0, 0.1) is 45.3 Å². The van der Waals surface area contributed by atoms with Gasteiger partial charge in [0.25, 0.3) is 0 Å². The van der Waals surface area contributed by atoms with E-state index in [0.29, 0.717) is 32.1 Å². The van der Waals surface area contributed by atoms with E-state index in [1.54, 1.807) is 0 Å². The number of rotatable bonds is 9. The van der Waals surface area contributed by atoms with Gasteiger partial charge in [-0.3, -0.25) is 0 Å². The summed E-state index contributed by atoms with van der Waals surface area (Å²) in [7, 11) is 0. The molecule has 9 N–H and O–H groups in total. The minimum Gasteiger partial charge on any atom is -0.394 e. The average molecular weight is 785 g/mol. The van der Waals surface area contributed by atoms with Crippen molar-refractivity contribution in [1.82, 2.24) is 0 Å². The van der Waals surface area contributed by atoms with Gasteiger partial charge in [0.2, 0.25) is 0 Å². The summed E-state index contributed by atoms with van der Waals surface area (Å²) in [5.41, 5.74) is -1.71. The Balaban J connectivity index is 1.38. The molecule has 55 heavy (non-hydrogen) atoms. The number of hydrogen-bond donors (Lipinski definition) is 9. The van der Waals surface area contributed by atoms with Crippen LogP contribution in [0.5, 0.6) is 0 Å². The van der Waals surface area contributed by atoms with E-state index < -0.39 is 114 Å². The Morgan fingerprint density at radius 1 is 0.818 bits per heavy atom. The molecular formula is C42H72O13. The molecule has 3 unspecified atom stereocenters. The van der Waals surface area contributed by atoms with Crippen molar-refractivity contribution in [3.63, 3.8) is 0 Å². The van der Waals surface area contributed by atoms with Crippen molar-refractivity contribution in [2.45, 2.75) is 199 Å². The highest BCUT2D eigenvalue weighted by Crippen LogP contribution is 2.76. The fourth-order valence-electron chi connectivity index (χ4n) is 13.3. The van der Waals surface area contributed by atoms with E-state index in [0.717, 1.165) is 19.3 Å². The quantitative estimate of drug-likeness (QED) is 0.121. The van der Waals surface area contributed by atoms with Crippen LogP contribution in [-0.4, -0.2) is 138 Å². The summed E-state index contributed by atoms with van der Waals surface area (Å²) < 4.78 is 25.1. The van der Waals surface area contributed by atoms with Gasteiger partial charge in [-0.05, 0) is 124 Å². The molecule has 0 aromatic rings. The molecule has 2 saturated heterocycles. The Morgan fingerprint density at radius 2 is 1.49 bits per heavy atom. The molecule has 0 aromatic carbocycles.